The lowest BCUT2D eigenvalue weighted by molar-refractivity contribution is 0.620. The molecule has 0 atom stereocenters. The molecule has 4 nitrogen and oxygen atoms in total. The van der Waals surface area contributed by atoms with Crippen LogP contribution in [0.4, 0.5) is 17.1 Å². The van der Waals surface area contributed by atoms with E-state index in [1.807, 2.05) is 54.6 Å². The Labute approximate surface area is 294 Å². The molecule has 0 radical (unpaired) electrons. The minimum absolute atomic E-state index is 0.563. The van der Waals surface area contributed by atoms with Crippen LogP contribution in [0.15, 0.2) is 191 Å². The molecule has 0 amide bonds. The quantitative estimate of drug-likeness (QED) is 0.179. The summed E-state index contributed by atoms with van der Waals surface area (Å²) in [6.07, 6.45) is 0. The summed E-state index contributed by atoms with van der Waals surface area (Å²) < 4.78 is 13.3. The first-order valence-electron chi connectivity index (χ1n) is 17.1. The molecule has 0 aliphatic carbocycles. The van der Waals surface area contributed by atoms with Crippen LogP contribution in [0, 0.1) is 0 Å². The second kappa shape index (κ2) is 11.9. The van der Waals surface area contributed by atoms with Gasteiger partial charge >= 0.3 is 0 Å². The number of benzene rings is 8. The minimum atomic E-state index is 0.563. The number of rotatable bonds is 6. The van der Waals surface area contributed by atoms with Crippen molar-refractivity contribution >= 4 is 60.9 Å². The van der Waals surface area contributed by atoms with Crippen LogP contribution in [-0.2, 0) is 0 Å². The second-order valence-electron chi connectivity index (χ2n) is 12.8. The van der Waals surface area contributed by atoms with Crippen molar-refractivity contribution in [2.24, 2.45) is 0 Å². The predicted octanol–water partition coefficient (Wildman–Crippen LogP) is 13.4. The molecule has 4 heteroatoms. The number of anilines is 3. The van der Waals surface area contributed by atoms with Gasteiger partial charge in [-0.15, -0.1) is 0 Å². The highest BCUT2D eigenvalue weighted by Gasteiger charge is 2.26. The molecule has 8 aromatic carbocycles. The molecule has 0 fully saturated rings. The highest BCUT2D eigenvalue weighted by molar-refractivity contribution is 6.17. The Balaban J connectivity index is 1.25. The highest BCUT2D eigenvalue weighted by Crippen LogP contribution is 2.48. The van der Waals surface area contributed by atoms with Crippen molar-refractivity contribution in [1.29, 1.82) is 0 Å². The Morgan fingerprint density at radius 3 is 1.90 bits per heavy atom. The van der Waals surface area contributed by atoms with Gasteiger partial charge in [0.25, 0.3) is 0 Å². The summed E-state index contributed by atoms with van der Waals surface area (Å²) in [5, 5.41) is 4.45. The Morgan fingerprint density at radius 1 is 0.412 bits per heavy atom. The predicted molar refractivity (Wildman–Crippen MR) is 210 cm³/mol. The van der Waals surface area contributed by atoms with Gasteiger partial charge < -0.3 is 13.7 Å². The van der Waals surface area contributed by atoms with Crippen molar-refractivity contribution in [3.63, 3.8) is 0 Å². The molecule has 2 heterocycles. The summed E-state index contributed by atoms with van der Waals surface area (Å²) in [4.78, 5) is 7.45. The van der Waals surface area contributed by atoms with Crippen LogP contribution in [0.1, 0.15) is 0 Å². The van der Waals surface area contributed by atoms with E-state index in [1.54, 1.807) is 0 Å². The number of hydrogen-bond donors (Lipinski definition) is 0. The SMILES string of the molecule is c1ccc(-c2cccc(N(c3ccc(-c4cccc5ccccc45)cc3)c3c4nc(-c5ccccc5)oc4cc4c3oc3ccccc34)c2)cc1. The molecule has 10 aromatic rings. The third kappa shape index (κ3) is 4.96. The molecule has 0 saturated heterocycles. The van der Waals surface area contributed by atoms with Crippen molar-refractivity contribution < 1.29 is 8.83 Å². The van der Waals surface area contributed by atoms with E-state index in [0.29, 0.717) is 11.5 Å². The molecule has 0 N–H and O–H groups in total. The van der Waals surface area contributed by atoms with E-state index in [9.17, 15) is 0 Å². The van der Waals surface area contributed by atoms with Crippen LogP contribution < -0.4 is 4.90 Å². The average Bonchev–Trinajstić information content (AvgIpc) is 3.80. The first-order chi connectivity index (χ1) is 25.3. The van der Waals surface area contributed by atoms with Gasteiger partial charge in [-0.3, -0.25) is 0 Å². The van der Waals surface area contributed by atoms with Gasteiger partial charge in [-0.2, -0.15) is 0 Å². The minimum Gasteiger partial charge on any atom is -0.454 e. The largest absolute Gasteiger partial charge is 0.454 e. The summed E-state index contributed by atoms with van der Waals surface area (Å²) in [6.45, 7) is 0. The summed E-state index contributed by atoms with van der Waals surface area (Å²) in [5.41, 5.74) is 11.3. The normalized spacial score (nSPS) is 11.5. The van der Waals surface area contributed by atoms with E-state index in [0.717, 1.165) is 66.8 Å². The lowest BCUT2D eigenvalue weighted by Crippen LogP contribution is -2.11. The maximum atomic E-state index is 6.76. The summed E-state index contributed by atoms with van der Waals surface area (Å²) >= 11 is 0. The highest BCUT2D eigenvalue weighted by atomic mass is 16.4. The number of nitrogens with zero attached hydrogens (tertiary/aromatic N) is 2. The molecule has 0 aliphatic rings. The van der Waals surface area contributed by atoms with Crippen molar-refractivity contribution in [3.8, 4) is 33.7 Å². The Kier molecular flexibility index (Phi) is 6.78. The van der Waals surface area contributed by atoms with Crippen LogP contribution in [-0.4, -0.2) is 4.98 Å². The molecular weight excluding hydrogens is 625 g/mol. The Morgan fingerprint density at radius 2 is 1.08 bits per heavy atom. The zero-order valence-corrected chi connectivity index (χ0v) is 27.5. The van der Waals surface area contributed by atoms with Crippen LogP contribution in [0.25, 0.3) is 77.5 Å². The van der Waals surface area contributed by atoms with Crippen molar-refractivity contribution in [2.45, 2.75) is 0 Å². The fourth-order valence-corrected chi connectivity index (χ4v) is 7.26. The Bertz CT molecular complexity index is 2850. The molecule has 0 bridgehead atoms. The number of fused-ring (bicyclic) bond motifs is 5. The molecular formula is C47H30N2O2. The fourth-order valence-electron chi connectivity index (χ4n) is 7.26. The topological polar surface area (TPSA) is 42.4 Å². The van der Waals surface area contributed by atoms with Gasteiger partial charge in [0.15, 0.2) is 11.2 Å². The number of hydrogen-bond acceptors (Lipinski definition) is 4. The van der Waals surface area contributed by atoms with Crippen LogP contribution in [0.2, 0.25) is 0 Å². The van der Waals surface area contributed by atoms with Gasteiger partial charge in [-0.25, -0.2) is 4.98 Å². The zero-order chi connectivity index (χ0) is 33.7. The van der Waals surface area contributed by atoms with Crippen molar-refractivity contribution in [2.75, 3.05) is 4.90 Å². The third-order valence-electron chi connectivity index (χ3n) is 9.68. The molecule has 0 unspecified atom stereocenters. The molecule has 0 spiro atoms. The van der Waals surface area contributed by atoms with Crippen LogP contribution >= 0.6 is 0 Å². The number of aromatic nitrogens is 1. The smallest absolute Gasteiger partial charge is 0.227 e. The average molecular weight is 655 g/mol. The number of para-hydroxylation sites is 1. The first kappa shape index (κ1) is 29.0. The van der Waals surface area contributed by atoms with E-state index in [2.05, 4.69) is 132 Å². The maximum Gasteiger partial charge on any atom is 0.227 e. The van der Waals surface area contributed by atoms with Gasteiger partial charge in [0.1, 0.15) is 16.8 Å². The number of furan rings is 1. The molecule has 51 heavy (non-hydrogen) atoms. The van der Waals surface area contributed by atoms with E-state index in [4.69, 9.17) is 13.8 Å². The summed E-state index contributed by atoms with van der Waals surface area (Å²) in [6, 6.07) is 63.3. The van der Waals surface area contributed by atoms with E-state index in [-0.39, 0.29) is 0 Å². The van der Waals surface area contributed by atoms with Gasteiger partial charge in [0.2, 0.25) is 5.89 Å². The Hall–Kier alpha value is -6.91. The van der Waals surface area contributed by atoms with E-state index >= 15 is 0 Å². The molecule has 2 aromatic heterocycles. The standard InChI is InChI=1S/C47H30N2O2/c1-3-13-31(14-4-1)35-19-11-20-37(29-35)49(36-27-25-33(26-28-36)39-23-12-18-32-15-7-8-21-38(32)39)45-44-43(51-47(48-44)34-16-5-2-6-17-34)30-41-40-22-9-10-24-42(40)50-46(41)45/h1-30H. The van der Waals surface area contributed by atoms with E-state index in [1.165, 1.54) is 16.3 Å². The molecule has 240 valence electrons. The first-order valence-corrected chi connectivity index (χ1v) is 17.1. The monoisotopic (exact) mass is 654 g/mol. The van der Waals surface area contributed by atoms with Crippen LogP contribution in [0.5, 0.6) is 0 Å². The lowest BCUT2D eigenvalue weighted by atomic mass is 9.98. The van der Waals surface area contributed by atoms with Gasteiger partial charge in [-0.05, 0) is 81.6 Å². The second-order valence-corrected chi connectivity index (χ2v) is 12.8. The van der Waals surface area contributed by atoms with E-state index < -0.39 is 0 Å². The van der Waals surface area contributed by atoms with Crippen molar-refractivity contribution in [3.05, 3.63) is 182 Å². The zero-order valence-electron chi connectivity index (χ0n) is 27.5. The molecule has 10 rings (SSSR count). The molecule has 0 aliphatic heterocycles. The molecule has 0 saturated carbocycles. The lowest BCUT2D eigenvalue weighted by Gasteiger charge is -2.26. The maximum absolute atomic E-state index is 6.76. The van der Waals surface area contributed by atoms with Gasteiger partial charge in [0.05, 0.1) is 0 Å². The summed E-state index contributed by atoms with van der Waals surface area (Å²) in [7, 11) is 0. The van der Waals surface area contributed by atoms with Gasteiger partial charge in [-0.1, -0.05) is 133 Å². The third-order valence-corrected chi connectivity index (χ3v) is 9.68. The summed E-state index contributed by atoms with van der Waals surface area (Å²) in [5.74, 6) is 0.563. The van der Waals surface area contributed by atoms with Gasteiger partial charge in [0, 0.05) is 27.7 Å². The number of oxazole rings is 1. The van der Waals surface area contributed by atoms with Crippen molar-refractivity contribution in [1.82, 2.24) is 4.98 Å². The fraction of sp³-hybridized carbons (Fsp3) is 0. The van der Waals surface area contributed by atoms with Crippen LogP contribution in [0.3, 0.4) is 0 Å².